The molecule has 7 nitrogen and oxygen atoms in total. The third-order valence-electron chi connectivity index (χ3n) is 7.03. The number of hydrogen-bond donors (Lipinski definition) is 0. The van der Waals surface area contributed by atoms with E-state index in [4.69, 9.17) is 11.6 Å². The summed E-state index contributed by atoms with van der Waals surface area (Å²) in [6.07, 6.45) is 5.97. The Labute approximate surface area is 193 Å². The number of benzene rings is 1. The molecule has 2 fully saturated rings. The monoisotopic (exact) mass is 455 g/mol. The van der Waals surface area contributed by atoms with Gasteiger partial charge in [-0.15, -0.1) is 0 Å². The van der Waals surface area contributed by atoms with E-state index in [2.05, 4.69) is 10.00 Å². The molecule has 0 spiro atoms. The Morgan fingerprint density at radius 1 is 0.969 bits per heavy atom. The van der Waals surface area contributed by atoms with Gasteiger partial charge in [-0.2, -0.15) is 5.10 Å². The van der Waals surface area contributed by atoms with Crippen molar-refractivity contribution in [1.82, 2.24) is 24.5 Å². The van der Waals surface area contributed by atoms with Crippen molar-refractivity contribution in [2.45, 2.75) is 51.2 Å². The SMILES string of the molecule is O=C(c1cc2n(n1)CCN(Cc1ccc(Cl)cc1)C2=O)N1CCC(N2CCCCC2)CC1. The first-order valence-electron chi connectivity index (χ1n) is 11.7. The van der Waals surface area contributed by atoms with Gasteiger partial charge in [0, 0.05) is 43.3 Å². The Bertz CT molecular complexity index is 975. The summed E-state index contributed by atoms with van der Waals surface area (Å²) in [4.78, 5) is 32.5. The lowest BCUT2D eigenvalue weighted by Gasteiger charge is -2.40. The van der Waals surface area contributed by atoms with Crippen molar-refractivity contribution in [2.75, 3.05) is 32.7 Å². The Hall–Kier alpha value is -2.38. The second-order valence-corrected chi connectivity index (χ2v) is 9.55. The van der Waals surface area contributed by atoms with Gasteiger partial charge in [-0.3, -0.25) is 14.3 Å². The number of carbonyl (C=O) groups is 2. The quantitative estimate of drug-likeness (QED) is 0.709. The highest BCUT2D eigenvalue weighted by molar-refractivity contribution is 6.30. The second-order valence-electron chi connectivity index (χ2n) is 9.11. The van der Waals surface area contributed by atoms with Crippen LogP contribution in [0.25, 0.3) is 0 Å². The van der Waals surface area contributed by atoms with Crippen LogP contribution in [0.2, 0.25) is 5.02 Å². The molecule has 3 aliphatic heterocycles. The molecule has 2 amide bonds. The summed E-state index contributed by atoms with van der Waals surface area (Å²) in [5.41, 5.74) is 1.92. The number of piperidine rings is 2. The van der Waals surface area contributed by atoms with Crippen LogP contribution in [0.15, 0.2) is 30.3 Å². The first kappa shape index (κ1) is 21.5. The number of aromatic nitrogens is 2. The Morgan fingerprint density at radius 2 is 1.69 bits per heavy atom. The fraction of sp³-hybridized carbons (Fsp3) is 0.542. The molecule has 3 aliphatic rings. The van der Waals surface area contributed by atoms with Crippen molar-refractivity contribution >= 4 is 23.4 Å². The van der Waals surface area contributed by atoms with E-state index in [9.17, 15) is 9.59 Å². The lowest BCUT2D eigenvalue weighted by atomic mass is 9.99. The largest absolute Gasteiger partial charge is 0.337 e. The first-order chi connectivity index (χ1) is 15.6. The predicted octanol–water partition coefficient (Wildman–Crippen LogP) is 3.28. The van der Waals surface area contributed by atoms with Crippen LogP contribution in [0.3, 0.4) is 0 Å². The average Bonchev–Trinajstić information content (AvgIpc) is 3.28. The van der Waals surface area contributed by atoms with E-state index >= 15 is 0 Å². The zero-order chi connectivity index (χ0) is 22.1. The van der Waals surface area contributed by atoms with Gasteiger partial charge in [-0.05, 0) is 56.5 Å². The van der Waals surface area contributed by atoms with Crippen molar-refractivity contribution in [1.29, 1.82) is 0 Å². The number of rotatable bonds is 4. The van der Waals surface area contributed by atoms with Gasteiger partial charge >= 0.3 is 0 Å². The Morgan fingerprint density at radius 3 is 2.41 bits per heavy atom. The van der Waals surface area contributed by atoms with E-state index in [-0.39, 0.29) is 11.8 Å². The highest BCUT2D eigenvalue weighted by Gasteiger charge is 2.32. The molecular formula is C24H30ClN5O2. The molecule has 0 unspecified atom stereocenters. The number of hydrogen-bond acceptors (Lipinski definition) is 4. The number of amides is 2. The third kappa shape index (κ3) is 4.41. The molecule has 2 aromatic rings. The molecular weight excluding hydrogens is 426 g/mol. The molecule has 1 aromatic carbocycles. The van der Waals surface area contributed by atoms with Crippen LogP contribution in [-0.2, 0) is 13.1 Å². The summed E-state index contributed by atoms with van der Waals surface area (Å²) in [6.45, 7) is 5.61. The maximum Gasteiger partial charge on any atom is 0.274 e. The van der Waals surface area contributed by atoms with Crippen LogP contribution in [0.4, 0.5) is 0 Å². The number of carbonyl (C=O) groups excluding carboxylic acids is 2. The highest BCUT2D eigenvalue weighted by Crippen LogP contribution is 2.23. The van der Waals surface area contributed by atoms with Crippen molar-refractivity contribution < 1.29 is 9.59 Å². The van der Waals surface area contributed by atoms with Gasteiger partial charge in [0.2, 0.25) is 0 Å². The molecule has 8 heteroatoms. The molecule has 0 bridgehead atoms. The lowest BCUT2D eigenvalue weighted by Crippen LogP contribution is -2.48. The Balaban J connectivity index is 1.22. The van der Waals surface area contributed by atoms with Crippen LogP contribution in [0.1, 0.15) is 58.6 Å². The lowest BCUT2D eigenvalue weighted by molar-refractivity contribution is 0.0582. The summed E-state index contributed by atoms with van der Waals surface area (Å²) in [5.74, 6) is -0.136. The summed E-state index contributed by atoms with van der Waals surface area (Å²) >= 11 is 5.96. The number of likely N-dealkylation sites (tertiary alicyclic amines) is 2. The molecule has 4 heterocycles. The summed E-state index contributed by atoms with van der Waals surface area (Å²) < 4.78 is 1.69. The van der Waals surface area contributed by atoms with E-state index < -0.39 is 0 Å². The smallest absolute Gasteiger partial charge is 0.274 e. The van der Waals surface area contributed by atoms with Gasteiger partial charge in [0.1, 0.15) is 5.69 Å². The maximum atomic E-state index is 13.1. The van der Waals surface area contributed by atoms with Crippen molar-refractivity contribution in [3.05, 3.63) is 52.3 Å². The van der Waals surface area contributed by atoms with Gasteiger partial charge in [0.05, 0.1) is 6.54 Å². The van der Waals surface area contributed by atoms with Gasteiger partial charge in [0.25, 0.3) is 11.8 Å². The van der Waals surface area contributed by atoms with E-state index in [1.165, 1.54) is 32.4 Å². The molecule has 0 saturated carbocycles. The summed E-state index contributed by atoms with van der Waals surface area (Å²) in [7, 11) is 0. The van der Waals surface area contributed by atoms with E-state index in [1.807, 2.05) is 29.2 Å². The van der Waals surface area contributed by atoms with Gasteiger partial charge in [-0.25, -0.2) is 0 Å². The topological polar surface area (TPSA) is 61.7 Å². The molecule has 0 radical (unpaired) electrons. The molecule has 0 atom stereocenters. The molecule has 0 N–H and O–H groups in total. The normalized spacial score (nSPS) is 20.5. The average molecular weight is 456 g/mol. The fourth-order valence-electron chi connectivity index (χ4n) is 5.18. The van der Waals surface area contributed by atoms with Crippen molar-refractivity contribution in [3.8, 4) is 0 Å². The van der Waals surface area contributed by atoms with Crippen molar-refractivity contribution in [2.24, 2.45) is 0 Å². The number of fused-ring (bicyclic) bond motifs is 1. The minimum atomic E-state index is -0.0819. The standard InChI is InChI=1S/C24H30ClN5O2/c25-19-6-4-18(5-7-19)17-29-14-15-30-22(24(29)32)16-21(26-30)23(31)28-12-8-20(9-13-28)27-10-2-1-3-11-27/h4-7,16,20H,1-3,8-15,17H2. The van der Waals surface area contributed by atoms with Crippen LogP contribution in [0, 0.1) is 0 Å². The fourth-order valence-corrected chi connectivity index (χ4v) is 5.31. The molecule has 5 rings (SSSR count). The van der Waals surface area contributed by atoms with Gasteiger partial charge in [0.15, 0.2) is 5.69 Å². The van der Waals surface area contributed by atoms with Crippen LogP contribution < -0.4 is 0 Å². The maximum absolute atomic E-state index is 13.1. The molecule has 1 aromatic heterocycles. The van der Waals surface area contributed by atoms with Gasteiger partial charge in [-0.1, -0.05) is 30.2 Å². The molecule has 170 valence electrons. The second kappa shape index (κ2) is 9.24. The van der Waals surface area contributed by atoms with Crippen LogP contribution in [0.5, 0.6) is 0 Å². The third-order valence-corrected chi connectivity index (χ3v) is 7.28. The summed E-state index contributed by atoms with van der Waals surface area (Å²) in [6, 6.07) is 9.81. The summed E-state index contributed by atoms with van der Waals surface area (Å²) in [5, 5.41) is 5.17. The Kier molecular flexibility index (Phi) is 6.20. The zero-order valence-electron chi connectivity index (χ0n) is 18.4. The first-order valence-corrected chi connectivity index (χ1v) is 12.1. The minimum Gasteiger partial charge on any atom is -0.337 e. The predicted molar refractivity (Wildman–Crippen MR) is 123 cm³/mol. The van der Waals surface area contributed by atoms with Crippen LogP contribution >= 0.6 is 11.6 Å². The highest BCUT2D eigenvalue weighted by atomic mass is 35.5. The van der Waals surface area contributed by atoms with E-state index in [0.717, 1.165) is 31.5 Å². The minimum absolute atomic E-state index is 0.0546. The molecule has 2 saturated heterocycles. The molecule has 32 heavy (non-hydrogen) atoms. The molecule has 0 aliphatic carbocycles. The van der Waals surface area contributed by atoms with E-state index in [1.54, 1.807) is 15.6 Å². The zero-order valence-corrected chi connectivity index (χ0v) is 19.1. The van der Waals surface area contributed by atoms with Crippen LogP contribution in [-0.4, -0.2) is 75.1 Å². The van der Waals surface area contributed by atoms with Crippen molar-refractivity contribution in [3.63, 3.8) is 0 Å². The number of nitrogens with zero attached hydrogens (tertiary/aromatic N) is 5. The van der Waals surface area contributed by atoms with E-state index in [0.29, 0.717) is 42.1 Å². The number of halogens is 1. The van der Waals surface area contributed by atoms with Gasteiger partial charge < -0.3 is 14.7 Å².